The molecule has 25 heteroatoms. The first-order chi connectivity index (χ1) is 26.1. The first-order valence-corrected chi connectivity index (χ1v) is 17.9. The Labute approximate surface area is 325 Å². The topological polar surface area (TPSA) is 422 Å². The molecule has 0 aliphatic heterocycles. The maximum Gasteiger partial charge on any atom is 0.327 e. The molecule has 324 valence electrons. The third kappa shape index (κ3) is 19.4. The molecule has 0 rings (SSSR count). The largest absolute Gasteiger partial charge is 0.481 e. The molecule has 0 aromatic carbocycles. The number of amides is 5. The van der Waals surface area contributed by atoms with Crippen molar-refractivity contribution in [1.29, 1.82) is 0 Å². The van der Waals surface area contributed by atoms with E-state index in [0.29, 0.717) is 0 Å². The van der Waals surface area contributed by atoms with E-state index < -0.39 is 172 Å². The molecule has 5 amide bonds. The molecular formula is C31H55N5O19S. The monoisotopic (exact) mass is 833 g/mol. The fourth-order valence-corrected chi connectivity index (χ4v) is 4.83. The van der Waals surface area contributed by atoms with Crippen LogP contribution in [0, 0.1) is 5.92 Å². The van der Waals surface area contributed by atoms with Crippen LogP contribution in [0.5, 0.6) is 0 Å². The minimum atomic E-state index is -2.00. The first kappa shape index (κ1) is 52.2. The van der Waals surface area contributed by atoms with Crippen LogP contribution in [0.15, 0.2) is 0 Å². The zero-order valence-corrected chi connectivity index (χ0v) is 31.3. The summed E-state index contributed by atoms with van der Waals surface area (Å²) >= 11 is 3.85. The summed E-state index contributed by atoms with van der Waals surface area (Å²) in [7, 11) is 0. The van der Waals surface area contributed by atoms with Crippen LogP contribution in [0.2, 0.25) is 0 Å². The van der Waals surface area contributed by atoms with Gasteiger partial charge in [0.2, 0.25) is 29.5 Å². The van der Waals surface area contributed by atoms with Gasteiger partial charge in [0.1, 0.15) is 54.7 Å². The number of rotatable bonds is 29. The molecule has 0 bridgehead atoms. The highest BCUT2D eigenvalue weighted by molar-refractivity contribution is 7.80. The minimum Gasteiger partial charge on any atom is -0.481 e. The highest BCUT2D eigenvalue weighted by Gasteiger charge is 2.33. The van der Waals surface area contributed by atoms with Gasteiger partial charge in [0.15, 0.2) is 0 Å². The molecule has 0 saturated carbocycles. The Kier molecular flexibility index (Phi) is 25.2. The van der Waals surface area contributed by atoms with Gasteiger partial charge in [0.25, 0.3) is 0 Å². The van der Waals surface area contributed by atoms with Gasteiger partial charge in [-0.25, -0.2) is 4.79 Å². The summed E-state index contributed by atoms with van der Waals surface area (Å²) in [5.74, 6) is -8.99. The number of carbonyl (C=O) groups excluding carboxylic acids is 5. The predicted molar refractivity (Wildman–Crippen MR) is 190 cm³/mol. The van der Waals surface area contributed by atoms with Crippen molar-refractivity contribution in [3.8, 4) is 0 Å². The summed E-state index contributed by atoms with van der Waals surface area (Å²) in [5, 5.41) is 125. The molecular weight excluding hydrogens is 778 g/mol. The van der Waals surface area contributed by atoms with Crippen LogP contribution in [0.3, 0.4) is 0 Å². The van der Waals surface area contributed by atoms with Crippen LogP contribution < -0.4 is 26.6 Å². The molecule has 12 atom stereocenters. The maximum absolute atomic E-state index is 13.4. The maximum atomic E-state index is 13.4. The second kappa shape index (κ2) is 27.0. The van der Waals surface area contributed by atoms with Gasteiger partial charge in [-0.15, -0.1) is 0 Å². The van der Waals surface area contributed by atoms with E-state index in [4.69, 9.17) is 10.2 Å². The normalized spacial score (nSPS) is 17.9. The number of hydrogen-bond acceptors (Lipinski definition) is 18. The lowest BCUT2D eigenvalue weighted by Crippen LogP contribution is -2.56. The van der Waals surface area contributed by atoms with Gasteiger partial charge in [-0.1, -0.05) is 6.92 Å². The Morgan fingerprint density at radius 1 is 0.518 bits per heavy atom. The molecule has 17 N–H and O–H groups in total. The Hall–Kier alpha value is -3.76. The number of aliphatic carboxylic acids is 2. The van der Waals surface area contributed by atoms with E-state index >= 15 is 0 Å². The van der Waals surface area contributed by atoms with Gasteiger partial charge in [-0.2, -0.15) is 12.6 Å². The number of aliphatic hydroxyl groups is 10. The van der Waals surface area contributed by atoms with Crippen molar-refractivity contribution in [3.63, 3.8) is 0 Å². The number of carbonyl (C=O) groups is 7. The van der Waals surface area contributed by atoms with Gasteiger partial charge >= 0.3 is 11.9 Å². The summed E-state index contributed by atoms with van der Waals surface area (Å²) in [6.45, 7) is -1.78. The lowest BCUT2D eigenvalue weighted by molar-refractivity contribution is -0.142. The highest BCUT2D eigenvalue weighted by Crippen LogP contribution is 2.11. The van der Waals surface area contributed by atoms with E-state index in [2.05, 4.69) is 39.2 Å². The third-order valence-electron chi connectivity index (χ3n) is 8.29. The van der Waals surface area contributed by atoms with E-state index in [1.807, 2.05) is 0 Å². The van der Waals surface area contributed by atoms with Gasteiger partial charge < -0.3 is 87.9 Å². The number of carboxylic acid groups (broad SMARTS) is 2. The van der Waals surface area contributed by atoms with E-state index in [9.17, 15) is 84.6 Å². The van der Waals surface area contributed by atoms with Gasteiger partial charge in [0, 0.05) is 44.0 Å². The van der Waals surface area contributed by atoms with E-state index in [-0.39, 0.29) is 12.8 Å². The number of thiol groups is 1. The van der Waals surface area contributed by atoms with E-state index in [1.54, 1.807) is 0 Å². The Balaban J connectivity index is 5.68. The van der Waals surface area contributed by atoms with Crippen molar-refractivity contribution in [3.05, 3.63) is 0 Å². The molecule has 0 aliphatic rings. The van der Waals surface area contributed by atoms with Crippen LogP contribution in [0.1, 0.15) is 45.4 Å². The average molecular weight is 834 g/mol. The Morgan fingerprint density at radius 2 is 0.875 bits per heavy atom. The second-order valence-electron chi connectivity index (χ2n) is 12.8. The molecule has 56 heavy (non-hydrogen) atoms. The van der Waals surface area contributed by atoms with Crippen molar-refractivity contribution in [1.82, 2.24) is 26.6 Å². The Bertz CT molecular complexity index is 1280. The lowest BCUT2D eigenvalue weighted by Gasteiger charge is -2.26. The number of aliphatic hydroxyl groups excluding tert-OH is 10. The van der Waals surface area contributed by atoms with Gasteiger partial charge in [-0.05, 0) is 19.3 Å². The molecule has 0 radical (unpaired) electrons. The number of nitrogens with one attached hydrogen (secondary N) is 5. The quantitative estimate of drug-likeness (QED) is 0.0311. The van der Waals surface area contributed by atoms with Gasteiger partial charge in [0.05, 0.1) is 25.4 Å². The van der Waals surface area contributed by atoms with Crippen LogP contribution in [-0.2, 0) is 33.6 Å². The average Bonchev–Trinajstić information content (AvgIpc) is 3.17. The summed E-state index contributed by atoms with van der Waals surface area (Å²) in [6.07, 6.45) is -17.8. The fourth-order valence-electron chi connectivity index (χ4n) is 4.59. The molecule has 0 aromatic rings. The second-order valence-corrected chi connectivity index (χ2v) is 13.2. The summed E-state index contributed by atoms with van der Waals surface area (Å²) < 4.78 is 0. The zero-order valence-electron chi connectivity index (χ0n) is 30.4. The first-order valence-electron chi connectivity index (χ1n) is 17.3. The lowest BCUT2D eigenvalue weighted by atomic mass is 10.0. The van der Waals surface area contributed by atoms with E-state index in [0.717, 1.165) is 0 Å². The predicted octanol–water partition coefficient (Wildman–Crippen LogP) is -8.38. The minimum absolute atomic E-state index is 0.164. The van der Waals surface area contributed by atoms with Crippen molar-refractivity contribution >= 4 is 54.1 Å². The summed E-state index contributed by atoms with van der Waals surface area (Å²) in [4.78, 5) is 87.1. The third-order valence-corrected chi connectivity index (χ3v) is 8.65. The fraction of sp³-hybridized carbons (Fsp3) is 0.774. The molecule has 0 aliphatic carbocycles. The zero-order chi connectivity index (χ0) is 43.3. The van der Waals surface area contributed by atoms with Crippen molar-refractivity contribution < 1.29 is 94.8 Å². The van der Waals surface area contributed by atoms with Gasteiger partial charge in [-0.3, -0.25) is 28.8 Å². The number of carboxylic acids is 2. The molecule has 0 aromatic heterocycles. The molecule has 0 spiro atoms. The molecule has 24 nitrogen and oxygen atoms in total. The SMILES string of the molecule is C[C@@H](CCC(=O)NC[C@H](O)[C@@H](O)[C@H](O)[C@H](O)CO)C(=O)N[C@@H](CCC(=O)O)C(=O)N[C@@H](CCC(=O)NC[C@H](O)[C@@H](O)[C@H](O)[C@H](O)CO)C(=O)N[C@@H](CS)C(=O)O. The summed E-state index contributed by atoms with van der Waals surface area (Å²) in [5.41, 5.74) is 0. The van der Waals surface area contributed by atoms with Crippen LogP contribution in [0.4, 0.5) is 0 Å². The molecule has 0 heterocycles. The summed E-state index contributed by atoms with van der Waals surface area (Å²) in [6, 6.07) is -4.86. The smallest absolute Gasteiger partial charge is 0.327 e. The van der Waals surface area contributed by atoms with Crippen molar-refractivity contribution in [2.45, 2.75) is 112 Å². The molecule has 0 saturated heterocycles. The molecule has 0 fully saturated rings. The molecule has 0 unspecified atom stereocenters. The number of hydrogen-bond donors (Lipinski definition) is 18. The van der Waals surface area contributed by atoms with Crippen LogP contribution >= 0.6 is 12.6 Å². The standard InChI is InChI=1S/C31H55N5O19S/c1-13(2-5-21(43)32-8-17(39)24(47)26(49)19(41)10-37)28(51)34-15(4-7-23(45)46)29(52)35-14(30(53)36-16(12-56)31(54)55)3-6-22(44)33-9-18(40)25(48)27(50)20(42)11-38/h13-20,24-27,37-42,47-50,56H,2-12H2,1H3,(H,32,43)(H,33,44)(H,34,51)(H,35,52)(H,36,53)(H,45,46)(H,54,55)/t13-,14-,15-,16-,17-,18-,19+,20+,24+,25+,26+,27+/m0/s1. The highest BCUT2D eigenvalue weighted by atomic mass is 32.1. The van der Waals surface area contributed by atoms with E-state index in [1.165, 1.54) is 6.92 Å². The van der Waals surface area contributed by atoms with Crippen molar-refractivity contribution in [2.75, 3.05) is 32.1 Å². The van der Waals surface area contributed by atoms with Crippen LogP contribution in [-0.4, -0.2) is 202 Å². The Morgan fingerprint density at radius 3 is 1.25 bits per heavy atom. The van der Waals surface area contributed by atoms with Crippen LogP contribution in [0.25, 0.3) is 0 Å². The van der Waals surface area contributed by atoms with Crippen molar-refractivity contribution in [2.24, 2.45) is 5.92 Å².